The second kappa shape index (κ2) is 6.58. The minimum atomic E-state index is 0.238. The third-order valence-electron chi connectivity index (χ3n) is 3.08. The molecule has 18 heavy (non-hydrogen) atoms. The van der Waals surface area contributed by atoms with Gasteiger partial charge in [-0.3, -0.25) is 4.79 Å². The van der Waals surface area contributed by atoms with Gasteiger partial charge in [-0.15, -0.1) is 0 Å². The van der Waals surface area contributed by atoms with E-state index in [1.807, 2.05) is 44.7 Å². The molecule has 0 saturated heterocycles. The van der Waals surface area contributed by atoms with E-state index in [0.717, 1.165) is 12.1 Å². The van der Waals surface area contributed by atoms with Gasteiger partial charge >= 0.3 is 0 Å². The minimum Gasteiger partial charge on any atom is -0.331 e. The molecule has 1 fully saturated rings. The molecule has 1 aromatic carbocycles. The lowest BCUT2D eigenvalue weighted by molar-refractivity contribution is 0.0766. The van der Waals surface area contributed by atoms with Gasteiger partial charge in [0.25, 0.3) is 5.91 Å². The fraction of sp³-hybridized carbons (Fsp3) is 0.562. The van der Waals surface area contributed by atoms with E-state index in [4.69, 9.17) is 0 Å². The molecule has 2 aliphatic rings. The van der Waals surface area contributed by atoms with Gasteiger partial charge in [-0.1, -0.05) is 45.4 Å². The molecule has 3 rings (SSSR count). The van der Waals surface area contributed by atoms with E-state index in [9.17, 15) is 4.79 Å². The van der Waals surface area contributed by atoms with Gasteiger partial charge in [0.05, 0.1) is 0 Å². The highest BCUT2D eigenvalue weighted by molar-refractivity contribution is 5.98. The second-order valence-corrected chi connectivity index (χ2v) is 4.32. The molecule has 0 bridgehead atoms. The molecule has 1 saturated carbocycles. The van der Waals surface area contributed by atoms with Crippen LogP contribution in [-0.4, -0.2) is 16.8 Å². The van der Waals surface area contributed by atoms with Gasteiger partial charge in [0.1, 0.15) is 0 Å². The Kier molecular flexibility index (Phi) is 5.39. The van der Waals surface area contributed by atoms with Crippen molar-refractivity contribution in [2.75, 3.05) is 0 Å². The van der Waals surface area contributed by atoms with Crippen LogP contribution in [-0.2, 0) is 6.54 Å². The standard InChI is InChI=1S/C12H13NO.2C2H6/c1-8-2-5-11-9(6-8)7-13(12(11)14)10-3-4-10;2*1-2/h2,5-6,10H,3-4,7H2,1H3;2*1-2H3. The topological polar surface area (TPSA) is 20.3 Å². The summed E-state index contributed by atoms with van der Waals surface area (Å²) in [6, 6.07) is 6.66. The lowest BCUT2D eigenvalue weighted by atomic mass is 10.1. The molecule has 0 unspecified atom stereocenters. The van der Waals surface area contributed by atoms with Gasteiger partial charge in [0, 0.05) is 18.2 Å². The van der Waals surface area contributed by atoms with Crippen LogP contribution >= 0.6 is 0 Å². The van der Waals surface area contributed by atoms with E-state index < -0.39 is 0 Å². The van der Waals surface area contributed by atoms with Crippen molar-refractivity contribution >= 4 is 5.91 Å². The predicted molar refractivity (Wildman–Crippen MR) is 76.8 cm³/mol. The van der Waals surface area contributed by atoms with Crippen LogP contribution in [0.4, 0.5) is 0 Å². The number of benzene rings is 1. The van der Waals surface area contributed by atoms with Crippen molar-refractivity contribution in [2.24, 2.45) is 0 Å². The Morgan fingerprint density at radius 3 is 2.28 bits per heavy atom. The highest BCUT2D eigenvalue weighted by Crippen LogP contribution is 2.34. The average molecular weight is 247 g/mol. The van der Waals surface area contributed by atoms with Gasteiger partial charge in [-0.2, -0.15) is 0 Å². The summed E-state index contributed by atoms with van der Waals surface area (Å²) in [6.07, 6.45) is 2.39. The number of aryl methyl sites for hydroxylation is 1. The smallest absolute Gasteiger partial charge is 0.254 e. The third-order valence-corrected chi connectivity index (χ3v) is 3.08. The highest BCUT2D eigenvalue weighted by Gasteiger charge is 2.37. The van der Waals surface area contributed by atoms with Gasteiger partial charge in [0.15, 0.2) is 0 Å². The van der Waals surface area contributed by atoms with E-state index in [1.54, 1.807) is 0 Å². The first-order valence-corrected chi connectivity index (χ1v) is 7.16. The molecule has 2 nitrogen and oxygen atoms in total. The summed E-state index contributed by atoms with van der Waals surface area (Å²) < 4.78 is 0. The molecule has 1 aliphatic carbocycles. The Balaban J connectivity index is 0.000000371. The van der Waals surface area contributed by atoms with Crippen LogP contribution in [0.1, 0.15) is 62.0 Å². The number of hydrogen-bond donors (Lipinski definition) is 0. The van der Waals surface area contributed by atoms with Gasteiger partial charge in [-0.25, -0.2) is 0 Å². The van der Waals surface area contributed by atoms with Crippen LogP contribution in [0.25, 0.3) is 0 Å². The summed E-state index contributed by atoms with van der Waals surface area (Å²) >= 11 is 0. The first-order valence-electron chi connectivity index (χ1n) is 7.16. The molecule has 0 aromatic heterocycles. The fourth-order valence-electron chi connectivity index (χ4n) is 2.15. The molecule has 2 heteroatoms. The predicted octanol–water partition coefficient (Wildman–Crippen LogP) is 4.17. The summed E-state index contributed by atoms with van der Waals surface area (Å²) in [5.74, 6) is 0.238. The Morgan fingerprint density at radius 2 is 1.72 bits per heavy atom. The van der Waals surface area contributed by atoms with E-state index in [0.29, 0.717) is 6.04 Å². The monoisotopic (exact) mass is 247 g/mol. The Bertz CT molecular complexity index is 408. The zero-order valence-corrected chi connectivity index (χ0v) is 12.3. The van der Waals surface area contributed by atoms with Crippen molar-refractivity contribution < 1.29 is 4.79 Å². The molecule has 100 valence electrons. The third kappa shape index (κ3) is 2.92. The zero-order chi connectivity index (χ0) is 13.7. The lowest BCUT2D eigenvalue weighted by Crippen LogP contribution is -2.25. The molecule has 0 spiro atoms. The maximum atomic E-state index is 11.9. The average Bonchev–Trinajstić information content (AvgIpc) is 3.20. The van der Waals surface area contributed by atoms with Gasteiger partial charge in [-0.05, 0) is 31.4 Å². The van der Waals surface area contributed by atoms with Crippen molar-refractivity contribution in [1.29, 1.82) is 0 Å². The molecular weight excluding hydrogens is 222 g/mol. The zero-order valence-electron chi connectivity index (χ0n) is 12.3. The minimum absolute atomic E-state index is 0.238. The second-order valence-electron chi connectivity index (χ2n) is 4.32. The van der Waals surface area contributed by atoms with E-state index in [1.165, 1.54) is 24.0 Å². The van der Waals surface area contributed by atoms with Gasteiger partial charge in [0.2, 0.25) is 0 Å². The molecule has 0 N–H and O–H groups in total. The Morgan fingerprint density at radius 1 is 1.11 bits per heavy atom. The molecule has 1 aliphatic heterocycles. The summed E-state index contributed by atoms with van der Waals surface area (Å²) in [5, 5.41) is 0. The van der Waals surface area contributed by atoms with Crippen molar-refractivity contribution in [3.8, 4) is 0 Å². The number of nitrogens with zero attached hydrogens (tertiary/aromatic N) is 1. The first-order chi connectivity index (χ1) is 8.75. The largest absolute Gasteiger partial charge is 0.331 e. The van der Waals surface area contributed by atoms with Crippen LogP contribution in [0.3, 0.4) is 0 Å². The summed E-state index contributed by atoms with van der Waals surface area (Å²) in [4.78, 5) is 13.9. The van der Waals surface area contributed by atoms with Crippen molar-refractivity contribution in [3.63, 3.8) is 0 Å². The molecule has 0 radical (unpaired) electrons. The maximum absolute atomic E-state index is 11.9. The highest BCUT2D eigenvalue weighted by atomic mass is 16.2. The molecule has 1 heterocycles. The number of carbonyl (C=O) groups is 1. The van der Waals surface area contributed by atoms with Crippen LogP contribution in [0.15, 0.2) is 18.2 Å². The lowest BCUT2D eigenvalue weighted by Gasteiger charge is -2.13. The SMILES string of the molecule is CC.CC.Cc1ccc2c(c1)CN(C1CC1)C2=O. The molecular formula is C16H25NO. The van der Waals surface area contributed by atoms with Crippen molar-refractivity contribution in [1.82, 2.24) is 4.90 Å². The maximum Gasteiger partial charge on any atom is 0.254 e. The summed E-state index contributed by atoms with van der Waals surface area (Å²) in [7, 11) is 0. The normalized spacial score (nSPS) is 16.3. The van der Waals surface area contributed by atoms with Gasteiger partial charge < -0.3 is 4.90 Å². The summed E-state index contributed by atoms with van der Waals surface area (Å²) in [6.45, 7) is 10.9. The molecule has 0 atom stereocenters. The Labute approximate surface area is 111 Å². The molecule has 1 aromatic rings. The molecule has 1 amide bonds. The van der Waals surface area contributed by atoms with Crippen LogP contribution < -0.4 is 0 Å². The van der Waals surface area contributed by atoms with Crippen molar-refractivity contribution in [3.05, 3.63) is 34.9 Å². The van der Waals surface area contributed by atoms with Crippen LogP contribution in [0.2, 0.25) is 0 Å². The van der Waals surface area contributed by atoms with Crippen LogP contribution in [0.5, 0.6) is 0 Å². The summed E-state index contributed by atoms with van der Waals surface area (Å²) in [5.41, 5.74) is 3.37. The first kappa shape index (κ1) is 14.7. The number of fused-ring (bicyclic) bond motifs is 1. The van der Waals surface area contributed by atoms with Crippen molar-refractivity contribution in [2.45, 2.75) is 60.0 Å². The van der Waals surface area contributed by atoms with E-state index in [2.05, 4.69) is 13.0 Å². The van der Waals surface area contributed by atoms with Crippen LogP contribution in [0, 0.1) is 6.92 Å². The van der Waals surface area contributed by atoms with E-state index in [-0.39, 0.29) is 5.91 Å². The quantitative estimate of drug-likeness (QED) is 0.729. The number of rotatable bonds is 1. The number of hydrogen-bond acceptors (Lipinski definition) is 1. The number of carbonyl (C=O) groups excluding carboxylic acids is 1. The fourth-order valence-corrected chi connectivity index (χ4v) is 2.15. The van der Waals surface area contributed by atoms with E-state index >= 15 is 0 Å². The number of amides is 1. The Hall–Kier alpha value is -1.31.